The third-order valence-corrected chi connectivity index (χ3v) is 3.09. The molecule has 0 saturated heterocycles. The van der Waals surface area contributed by atoms with Gasteiger partial charge in [-0.15, -0.1) is 13.2 Å². The monoisotopic (exact) mass is 331 g/mol. The molecule has 0 aliphatic heterocycles. The minimum absolute atomic E-state index is 0.00706. The molecule has 0 spiro atoms. The average molecular weight is 331 g/mol. The molecular formula is C18H12F3NO2. The van der Waals surface area contributed by atoms with Gasteiger partial charge in [0.2, 0.25) is 5.78 Å². The predicted molar refractivity (Wildman–Crippen MR) is 82.2 cm³/mol. The lowest BCUT2D eigenvalue weighted by molar-refractivity contribution is -0.274. The lowest BCUT2D eigenvalue weighted by Crippen LogP contribution is -2.17. The second-order valence-electron chi connectivity index (χ2n) is 4.95. The second kappa shape index (κ2) is 7.01. The number of hydrogen-bond donors (Lipinski definition) is 0. The molecule has 0 unspecified atom stereocenters. The summed E-state index contributed by atoms with van der Waals surface area (Å²) in [6.07, 6.45) is -3.77. The molecule has 2 rings (SSSR count). The number of rotatable bonds is 4. The van der Waals surface area contributed by atoms with Crippen molar-refractivity contribution in [1.29, 1.82) is 5.26 Å². The number of allylic oxidation sites excluding steroid dienone is 1. The maximum absolute atomic E-state index is 12.4. The van der Waals surface area contributed by atoms with Gasteiger partial charge in [0.25, 0.3) is 0 Å². The summed E-state index contributed by atoms with van der Waals surface area (Å²) in [5.74, 6) is -1.04. The van der Waals surface area contributed by atoms with E-state index in [0.29, 0.717) is 0 Å². The molecule has 24 heavy (non-hydrogen) atoms. The molecule has 0 bridgehead atoms. The molecule has 2 aromatic carbocycles. The molecule has 0 aromatic heterocycles. The summed E-state index contributed by atoms with van der Waals surface area (Å²) in [5.41, 5.74) is 0.835. The van der Waals surface area contributed by atoms with Crippen molar-refractivity contribution in [3.05, 3.63) is 70.8 Å². The molecule has 6 heteroatoms. The van der Waals surface area contributed by atoms with Crippen molar-refractivity contribution in [1.82, 2.24) is 0 Å². The topological polar surface area (TPSA) is 50.1 Å². The maximum Gasteiger partial charge on any atom is 0.573 e. The summed E-state index contributed by atoms with van der Waals surface area (Å²) in [4.78, 5) is 12.4. The van der Waals surface area contributed by atoms with Gasteiger partial charge in [0.15, 0.2) is 0 Å². The van der Waals surface area contributed by atoms with Gasteiger partial charge in [-0.05, 0) is 25.1 Å². The van der Waals surface area contributed by atoms with E-state index in [1.165, 1.54) is 18.2 Å². The van der Waals surface area contributed by atoms with Crippen LogP contribution in [0.15, 0.2) is 54.1 Å². The third-order valence-electron chi connectivity index (χ3n) is 3.09. The minimum atomic E-state index is -4.86. The molecule has 0 aliphatic carbocycles. The minimum Gasteiger partial charge on any atom is -0.405 e. The van der Waals surface area contributed by atoms with Crippen LogP contribution in [0.4, 0.5) is 13.2 Å². The lowest BCUT2D eigenvalue weighted by Gasteiger charge is -2.11. The fourth-order valence-electron chi connectivity index (χ4n) is 2.06. The molecule has 0 heterocycles. The number of nitriles is 1. The molecule has 122 valence electrons. The number of carbonyl (C=O) groups excluding carboxylic acids is 1. The van der Waals surface area contributed by atoms with Gasteiger partial charge < -0.3 is 4.74 Å². The van der Waals surface area contributed by atoms with E-state index in [2.05, 4.69) is 4.74 Å². The van der Waals surface area contributed by atoms with Crippen molar-refractivity contribution in [2.24, 2.45) is 0 Å². The number of Topliss-reactive ketones (excluding diaryl/α,β-unsaturated/α-hetero) is 1. The van der Waals surface area contributed by atoms with Crippen LogP contribution < -0.4 is 4.74 Å². The summed E-state index contributed by atoms with van der Waals surface area (Å²) >= 11 is 0. The Morgan fingerprint density at radius 1 is 1.17 bits per heavy atom. The number of carbonyl (C=O) groups is 1. The van der Waals surface area contributed by atoms with Crippen LogP contribution in [0.3, 0.4) is 0 Å². The largest absolute Gasteiger partial charge is 0.573 e. The first kappa shape index (κ1) is 17.3. The van der Waals surface area contributed by atoms with Crippen molar-refractivity contribution in [2.45, 2.75) is 13.3 Å². The maximum atomic E-state index is 12.4. The van der Waals surface area contributed by atoms with Crippen LogP contribution in [0, 0.1) is 18.3 Å². The quantitative estimate of drug-likeness (QED) is 0.464. The Morgan fingerprint density at radius 3 is 2.50 bits per heavy atom. The van der Waals surface area contributed by atoms with E-state index in [1.54, 1.807) is 37.3 Å². The molecule has 0 radical (unpaired) electrons. The normalized spacial score (nSPS) is 11.7. The average Bonchev–Trinajstić information content (AvgIpc) is 2.52. The van der Waals surface area contributed by atoms with Crippen molar-refractivity contribution < 1.29 is 22.7 Å². The van der Waals surface area contributed by atoms with Crippen LogP contribution in [-0.4, -0.2) is 12.1 Å². The molecule has 0 aliphatic rings. The van der Waals surface area contributed by atoms with Crippen LogP contribution >= 0.6 is 0 Å². The zero-order valence-electron chi connectivity index (χ0n) is 12.6. The molecule has 0 saturated carbocycles. The Bertz CT molecular complexity index is 833. The van der Waals surface area contributed by atoms with E-state index in [1.807, 2.05) is 0 Å². The Balaban J connectivity index is 2.42. The molecule has 3 nitrogen and oxygen atoms in total. The zero-order valence-corrected chi connectivity index (χ0v) is 12.6. The van der Waals surface area contributed by atoms with Gasteiger partial charge >= 0.3 is 6.36 Å². The standard InChI is InChI=1S/C18H12F3NO2/c1-12-5-4-7-14(9-12)17(23)15(11-22)10-13-6-2-3-8-16(13)24-18(19,20)21/h2-10H,1H3/b15-10+. The first-order chi connectivity index (χ1) is 11.3. The van der Waals surface area contributed by atoms with Gasteiger partial charge in [-0.25, -0.2) is 0 Å². The van der Waals surface area contributed by atoms with Crippen LogP contribution in [0.5, 0.6) is 5.75 Å². The number of alkyl halides is 3. The highest BCUT2D eigenvalue weighted by molar-refractivity contribution is 6.14. The summed E-state index contributed by atoms with van der Waals surface area (Å²) < 4.78 is 41.2. The first-order valence-electron chi connectivity index (χ1n) is 6.88. The molecule has 0 atom stereocenters. The molecule has 2 aromatic rings. The Morgan fingerprint density at radius 2 is 1.88 bits per heavy atom. The van der Waals surface area contributed by atoms with E-state index in [9.17, 15) is 23.2 Å². The van der Waals surface area contributed by atoms with E-state index in [4.69, 9.17) is 0 Å². The number of ketones is 1. The second-order valence-corrected chi connectivity index (χ2v) is 4.95. The summed E-state index contributed by atoms with van der Waals surface area (Å²) in [7, 11) is 0. The van der Waals surface area contributed by atoms with Gasteiger partial charge in [0.05, 0.1) is 0 Å². The van der Waals surface area contributed by atoms with Crippen LogP contribution in [0.1, 0.15) is 21.5 Å². The van der Waals surface area contributed by atoms with E-state index in [-0.39, 0.29) is 16.7 Å². The van der Waals surface area contributed by atoms with E-state index < -0.39 is 17.9 Å². The smallest absolute Gasteiger partial charge is 0.405 e. The molecular weight excluding hydrogens is 319 g/mol. The Hall–Kier alpha value is -3.07. The summed E-state index contributed by atoms with van der Waals surface area (Å²) in [6, 6.07) is 13.6. The van der Waals surface area contributed by atoms with Gasteiger partial charge in [-0.2, -0.15) is 5.26 Å². The van der Waals surface area contributed by atoms with Crippen LogP contribution in [-0.2, 0) is 0 Å². The van der Waals surface area contributed by atoms with Gasteiger partial charge in [-0.3, -0.25) is 4.79 Å². The van der Waals surface area contributed by atoms with Crippen LogP contribution in [0.25, 0.3) is 6.08 Å². The number of ether oxygens (including phenoxy) is 1. The highest BCUT2D eigenvalue weighted by Crippen LogP contribution is 2.28. The van der Waals surface area contributed by atoms with Gasteiger partial charge in [0, 0.05) is 11.1 Å². The highest BCUT2D eigenvalue weighted by atomic mass is 19.4. The third kappa shape index (κ3) is 4.46. The van der Waals surface area contributed by atoms with Crippen molar-refractivity contribution >= 4 is 11.9 Å². The van der Waals surface area contributed by atoms with Crippen molar-refractivity contribution in [3.8, 4) is 11.8 Å². The number of aryl methyl sites for hydroxylation is 1. The van der Waals surface area contributed by atoms with Gasteiger partial charge in [-0.1, -0.05) is 42.0 Å². The number of halogens is 3. The fourth-order valence-corrected chi connectivity index (χ4v) is 2.06. The summed E-state index contributed by atoms with van der Waals surface area (Å²) in [6.45, 7) is 1.79. The number of hydrogen-bond acceptors (Lipinski definition) is 3. The van der Waals surface area contributed by atoms with E-state index in [0.717, 1.165) is 17.7 Å². The number of nitrogens with zero attached hydrogens (tertiary/aromatic N) is 1. The number of para-hydroxylation sites is 1. The lowest BCUT2D eigenvalue weighted by atomic mass is 10.0. The Labute approximate surface area is 136 Å². The first-order valence-corrected chi connectivity index (χ1v) is 6.88. The van der Waals surface area contributed by atoms with Gasteiger partial charge in [0.1, 0.15) is 17.4 Å². The highest BCUT2D eigenvalue weighted by Gasteiger charge is 2.31. The molecule has 0 amide bonds. The van der Waals surface area contributed by atoms with Crippen molar-refractivity contribution in [2.75, 3.05) is 0 Å². The molecule has 0 N–H and O–H groups in total. The molecule has 0 fully saturated rings. The van der Waals surface area contributed by atoms with Crippen LogP contribution in [0.2, 0.25) is 0 Å². The number of benzene rings is 2. The summed E-state index contributed by atoms with van der Waals surface area (Å²) in [5, 5.41) is 9.21. The fraction of sp³-hybridized carbons (Fsp3) is 0.111. The van der Waals surface area contributed by atoms with Crippen molar-refractivity contribution in [3.63, 3.8) is 0 Å². The van der Waals surface area contributed by atoms with E-state index >= 15 is 0 Å². The Kier molecular flexibility index (Phi) is 5.05. The zero-order chi connectivity index (χ0) is 17.7. The predicted octanol–water partition coefficient (Wildman–Crippen LogP) is 4.68. The SMILES string of the molecule is Cc1cccc(C(=O)/C(C#N)=C/c2ccccc2OC(F)(F)F)c1.